The number of aliphatic imine (C=N–C) groups is 1. The Kier molecular flexibility index (Phi) is 5.06. The molecule has 1 aliphatic rings. The predicted octanol–water partition coefficient (Wildman–Crippen LogP) is 2.19. The van der Waals surface area contributed by atoms with Crippen LogP contribution in [-0.2, 0) is 6.42 Å². The van der Waals surface area contributed by atoms with E-state index < -0.39 is 0 Å². The largest absolute Gasteiger partial charge is 0.356 e. The van der Waals surface area contributed by atoms with Crippen molar-refractivity contribution < 1.29 is 0 Å². The van der Waals surface area contributed by atoms with Crippen LogP contribution in [0.3, 0.4) is 0 Å². The molecular weight excluding hydrogens is 222 g/mol. The molecule has 1 aromatic rings. The van der Waals surface area contributed by atoms with E-state index in [1.165, 1.54) is 24.8 Å². The van der Waals surface area contributed by atoms with Crippen molar-refractivity contribution in [2.45, 2.75) is 25.7 Å². The zero-order chi connectivity index (χ0) is 12.6. The molecule has 0 atom stereocenters. The van der Waals surface area contributed by atoms with Gasteiger partial charge in [-0.2, -0.15) is 0 Å². The average molecular weight is 245 g/mol. The highest BCUT2D eigenvalue weighted by Gasteiger charge is 2.20. The van der Waals surface area contributed by atoms with E-state index in [4.69, 9.17) is 0 Å². The van der Waals surface area contributed by atoms with E-state index in [9.17, 15) is 0 Å². The fraction of sp³-hybridized carbons (Fsp3) is 0.533. The molecule has 1 saturated carbocycles. The van der Waals surface area contributed by atoms with Crippen LogP contribution in [-0.4, -0.2) is 26.1 Å². The van der Waals surface area contributed by atoms with Gasteiger partial charge in [0, 0.05) is 20.1 Å². The summed E-state index contributed by atoms with van der Waals surface area (Å²) in [7, 11) is 1.83. The van der Waals surface area contributed by atoms with E-state index in [0.29, 0.717) is 0 Å². The molecule has 1 aromatic carbocycles. The second-order valence-electron chi connectivity index (χ2n) is 4.89. The lowest BCUT2D eigenvalue weighted by Gasteiger charge is -2.11. The number of benzene rings is 1. The number of hydrogen-bond donors (Lipinski definition) is 2. The van der Waals surface area contributed by atoms with Crippen molar-refractivity contribution in [1.29, 1.82) is 0 Å². The lowest BCUT2D eigenvalue weighted by atomic mass is 10.1. The van der Waals surface area contributed by atoms with Crippen molar-refractivity contribution in [2.24, 2.45) is 10.9 Å². The maximum absolute atomic E-state index is 4.23. The van der Waals surface area contributed by atoms with Gasteiger partial charge in [0.05, 0.1) is 0 Å². The van der Waals surface area contributed by atoms with Crippen LogP contribution in [0.5, 0.6) is 0 Å². The van der Waals surface area contributed by atoms with Gasteiger partial charge in [0.15, 0.2) is 5.96 Å². The first kappa shape index (κ1) is 12.9. The number of guanidine groups is 1. The number of nitrogens with zero attached hydrogens (tertiary/aromatic N) is 1. The zero-order valence-electron chi connectivity index (χ0n) is 11.2. The molecule has 18 heavy (non-hydrogen) atoms. The minimum absolute atomic E-state index is 0.923. The summed E-state index contributed by atoms with van der Waals surface area (Å²) >= 11 is 0. The molecule has 0 saturated heterocycles. The van der Waals surface area contributed by atoms with E-state index in [2.05, 4.69) is 46.0 Å². The molecule has 3 nitrogen and oxygen atoms in total. The highest BCUT2D eigenvalue weighted by molar-refractivity contribution is 5.79. The third kappa shape index (κ3) is 4.78. The Hall–Kier alpha value is -1.51. The van der Waals surface area contributed by atoms with Crippen LogP contribution in [0.25, 0.3) is 0 Å². The van der Waals surface area contributed by atoms with Gasteiger partial charge in [-0.15, -0.1) is 0 Å². The van der Waals surface area contributed by atoms with Crippen molar-refractivity contribution in [3.05, 3.63) is 35.9 Å². The molecule has 98 valence electrons. The second-order valence-corrected chi connectivity index (χ2v) is 4.89. The molecule has 1 fully saturated rings. The van der Waals surface area contributed by atoms with E-state index in [0.717, 1.165) is 31.4 Å². The molecule has 0 aromatic heterocycles. The SMILES string of the molecule is CN=C(NCCc1ccccc1)NCCC1CC1. The monoisotopic (exact) mass is 245 g/mol. The molecule has 1 aliphatic carbocycles. The molecule has 2 rings (SSSR count). The number of rotatable bonds is 6. The summed E-state index contributed by atoms with van der Waals surface area (Å²) in [6.45, 7) is 1.96. The molecule has 2 N–H and O–H groups in total. The van der Waals surface area contributed by atoms with Gasteiger partial charge < -0.3 is 10.6 Å². The van der Waals surface area contributed by atoms with Crippen molar-refractivity contribution in [3.8, 4) is 0 Å². The summed E-state index contributed by atoms with van der Waals surface area (Å²) in [5, 5.41) is 6.72. The third-order valence-electron chi connectivity index (χ3n) is 3.31. The predicted molar refractivity (Wildman–Crippen MR) is 76.9 cm³/mol. The maximum Gasteiger partial charge on any atom is 0.190 e. The van der Waals surface area contributed by atoms with Crippen molar-refractivity contribution in [3.63, 3.8) is 0 Å². The Morgan fingerprint density at radius 1 is 1.17 bits per heavy atom. The minimum Gasteiger partial charge on any atom is -0.356 e. The Morgan fingerprint density at radius 2 is 1.89 bits per heavy atom. The summed E-state index contributed by atoms with van der Waals surface area (Å²) in [6.07, 6.45) is 5.15. The molecule has 0 amide bonds. The van der Waals surface area contributed by atoms with Crippen LogP contribution in [0.1, 0.15) is 24.8 Å². The minimum atomic E-state index is 0.923. The number of hydrogen-bond acceptors (Lipinski definition) is 1. The van der Waals surface area contributed by atoms with Gasteiger partial charge in [-0.25, -0.2) is 0 Å². The Labute approximate surface area is 110 Å². The van der Waals surface area contributed by atoms with E-state index in [-0.39, 0.29) is 0 Å². The zero-order valence-corrected chi connectivity index (χ0v) is 11.2. The maximum atomic E-state index is 4.23. The van der Waals surface area contributed by atoms with E-state index >= 15 is 0 Å². The molecule has 0 radical (unpaired) electrons. The Morgan fingerprint density at radius 3 is 2.56 bits per heavy atom. The summed E-state index contributed by atoms with van der Waals surface area (Å²) in [4.78, 5) is 4.23. The lowest BCUT2D eigenvalue weighted by Crippen LogP contribution is -2.38. The lowest BCUT2D eigenvalue weighted by molar-refractivity contribution is 0.684. The van der Waals surface area contributed by atoms with Crippen molar-refractivity contribution in [1.82, 2.24) is 10.6 Å². The van der Waals surface area contributed by atoms with Gasteiger partial charge in [0.1, 0.15) is 0 Å². The molecule has 0 aliphatic heterocycles. The van der Waals surface area contributed by atoms with Gasteiger partial charge >= 0.3 is 0 Å². The van der Waals surface area contributed by atoms with Crippen LogP contribution in [0.4, 0.5) is 0 Å². The van der Waals surface area contributed by atoms with E-state index in [1.807, 2.05) is 7.05 Å². The van der Waals surface area contributed by atoms with Crippen LogP contribution in [0, 0.1) is 5.92 Å². The summed E-state index contributed by atoms with van der Waals surface area (Å²) < 4.78 is 0. The summed E-state index contributed by atoms with van der Waals surface area (Å²) in [6, 6.07) is 10.5. The first-order valence-corrected chi connectivity index (χ1v) is 6.87. The Balaban J connectivity index is 1.61. The topological polar surface area (TPSA) is 36.4 Å². The van der Waals surface area contributed by atoms with Gasteiger partial charge in [0.25, 0.3) is 0 Å². The van der Waals surface area contributed by atoms with Crippen LogP contribution in [0.15, 0.2) is 35.3 Å². The third-order valence-corrected chi connectivity index (χ3v) is 3.31. The quantitative estimate of drug-likeness (QED) is 0.595. The molecule has 0 heterocycles. The fourth-order valence-electron chi connectivity index (χ4n) is 1.99. The number of nitrogens with one attached hydrogen (secondary N) is 2. The first-order valence-electron chi connectivity index (χ1n) is 6.87. The van der Waals surface area contributed by atoms with Crippen LogP contribution in [0.2, 0.25) is 0 Å². The standard InChI is InChI=1S/C15H23N3/c1-16-15(18-12-10-14-7-8-14)17-11-9-13-5-3-2-4-6-13/h2-6,14H,7-12H2,1H3,(H2,16,17,18). The van der Waals surface area contributed by atoms with Gasteiger partial charge in [-0.3, -0.25) is 4.99 Å². The van der Waals surface area contributed by atoms with Crippen LogP contribution >= 0.6 is 0 Å². The highest BCUT2D eigenvalue weighted by atomic mass is 15.2. The summed E-state index contributed by atoms with van der Waals surface area (Å²) in [5.41, 5.74) is 1.36. The first-order chi connectivity index (χ1) is 8.88. The van der Waals surface area contributed by atoms with Crippen molar-refractivity contribution >= 4 is 5.96 Å². The smallest absolute Gasteiger partial charge is 0.190 e. The second kappa shape index (κ2) is 7.04. The molecular formula is C15H23N3. The van der Waals surface area contributed by atoms with Gasteiger partial charge in [-0.05, 0) is 24.3 Å². The highest BCUT2D eigenvalue weighted by Crippen LogP contribution is 2.31. The molecule has 0 unspecified atom stereocenters. The molecule has 0 bridgehead atoms. The fourth-order valence-corrected chi connectivity index (χ4v) is 1.99. The summed E-state index contributed by atoms with van der Waals surface area (Å²) in [5.74, 6) is 1.89. The molecule has 3 heteroatoms. The van der Waals surface area contributed by atoms with Gasteiger partial charge in [-0.1, -0.05) is 43.2 Å². The molecule has 0 spiro atoms. The van der Waals surface area contributed by atoms with Crippen molar-refractivity contribution in [2.75, 3.05) is 20.1 Å². The van der Waals surface area contributed by atoms with Crippen LogP contribution < -0.4 is 10.6 Å². The Bertz CT molecular complexity index is 369. The van der Waals surface area contributed by atoms with E-state index in [1.54, 1.807) is 0 Å². The average Bonchev–Trinajstić information content (AvgIpc) is 3.22. The normalized spacial score (nSPS) is 15.5. The van der Waals surface area contributed by atoms with Gasteiger partial charge in [0.2, 0.25) is 0 Å².